The van der Waals surface area contributed by atoms with Crippen molar-refractivity contribution in [3.8, 4) is 11.5 Å². The van der Waals surface area contributed by atoms with E-state index < -0.39 is 24.1 Å². The molecule has 0 saturated carbocycles. The van der Waals surface area contributed by atoms with E-state index >= 15 is 0 Å². The van der Waals surface area contributed by atoms with Gasteiger partial charge in [0.1, 0.15) is 0 Å². The van der Waals surface area contributed by atoms with Crippen molar-refractivity contribution in [1.29, 1.82) is 0 Å². The molecule has 0 radical (unpaired) electrons. The molecule has 0 unspecified atom stereocenters. The Kier molecular flexibility index (Phi) is 8.04. The molecule has 0 aliphatic carbocycles. The molecule has 3 rings (SSSR count). The van der Waals surface area contributed by atoms with Crippen LogP contribution in [0.25, 0.3) is 0 Å². The molecule has 0 amide bonds. The zero-order valence-electron chi connectivity index (χ0n) is 17.0. The molecule has 0 spiro atoms. The quantitative estimate of drug-likeness (QED) is 0.186. The van der Waals surface area contributed by atoms with Crippen LogP contribution in [-0.2, 0) is 0 Å². The van der Waals surface area contributed by atoms with Crippen LogP contribution in [0.2, 0.25) is 13.9 Å². The summed E-state index contributed by atoms with van der Waals surface area (Å²) in [5, 5.41) is 11.8. The Hall–Kier alpha value is -1.32. The van der Waals surface area contributed by atoms with Crippen molar-refractivity contribution in [2.45, 2.75) is 48.4 Å². The van der Waals surface area contributed by atoms with Crippen LogP contribution < -0.4 is 6.15 Å². The molecule has 1 heterocycles. The third kappa shape index (κ3) is 5.48. The fraction of sp³-hybridized carbons (Fsp3) is 0.381. The summed E-state index contributed by atoms with van der Waals surface area (Å²) < 4.78 is 16.0. The summed E-state index contributed by atoms with van der Waals surface area (Å²) in [5.74, 6) is 1.24. The molecule has 2 aromatic rings. The topological polar surface area (TPSA) is 74.0 Å². The number of unbranched alkanes of at least 4 members (excludes halogenated alkanes) is 2. The van der Waals surface area contributed by atoms with E-state index in [0.717, 1.165) is 39.0 Å². The number of hydrogen-bond donors (Lipinski definition) is 0. The molecule has 6 nitrogen and oxygen atoms in total. The van der Waals surface area contributed by atoms with Crippen molar-refractivity contribution in [3.05, 3.63) is 55.5 Å². The van der Waals surface area contributed by atoms with E-state index in [1.54, 1.807) is 24.4 Å². The predicted molar refractivity (Wildman–Crippen MR) is 126 cm³/mol. The molecule has 1 aliphatic rings. The number of non-ortho nitro benzene ring substituents is 1. The third-order valence-corrected chi connectivity index (χ3v) is 15.4. The van der Waals surface area contributed by atoms with Gasteiger partial charge in [0.15, 0.2) is 0 Å². The summed E-state index contributed by atoms with van der Waals surface area (Å²) in [5.41, 5.74) is 1.16. The van der Waals surface area contributed by atoms with E-state index in [9.17, 15) is 10.1 Å². The normalized spacial score (nSPS) is 14.4. The minimum atomic E-state index is -3.70. The average molecular weight is 603 g/mol. The van der Waals surface area contributed by atoms with Crippen LogP contribution in [0.5, 0.6) is 11.5 Å². The average Bonchev–Trinajstić information content (AvgIpc) is 2.77. The SMILES string of the molecule is CCC[CH2][Sn]1([CH2]CCC)[O]c2ccc([N+](=O)[O-])cc2C=Nc2cc(Cl)cc(Br)c2[O]1. The fourth-order valence-corrected chi connectivity index (χ4v) is 15.1. The molecule has 0 bridgehead atoms. The Balaban J connectivity index is 2.20. The van der Waals surface area contributed by atoms with E-state index in [0.29, 0.717) is 27.8 Å². The van der Waals surface area contributed by atoms with Gasteiger partial charge in [-0.1, -0.05) is 0 Å². The second kappa shape index (κ2) is 10.3. The zero-order chi connectivity index (χ0) is 21.7. The van der Waals surface area contributed by atoms with Crippen molar-refractivity contribution in [2.75, 3.05) is 0 Å². The van der Waals surface area contributed by atoms with Crippen LogP contribution in [0.3, 0.4) is 0 Å². The van der Waals surface area contributed by atoms with Gasteiger partial charge in [0, 0.05) is 0 Å². The number of fused-ring (bicyclic) bond motifs is 2. The number of nitro benzene ring substituents is 1. The molecular weight excluding hydrogens is 578 g/mol. The van der Waals surface area contributed by atoms with Gasteiger partial charge in [0.2, 0.25) is 0 Å². The first-order chi connectivity index (χ1) is 14.4. The fourth-order valence-electron chi connectivity index (χ4n) is 3.35. The first-order valence-electron chi connectivity index (χ1n) is 10.1. The van der Waals surface area contributed by atoms with Gasteiger partial charge in [-0.3, -0.25) is 0 Å². The maximum atomic E-state index is 11.3. The Morgan fingerprint density at radius 1 is 1.13 bits per heavy atom. The Labute approximate surface area is 194 Å². The number of hydrogen-bond acceptors (Lipinski definition) is 5. The van der Waals surface area contributed by atoms with Crippen LogP contribution >= 0.6 is 27.5 Å². The van der Waals surface area contributed by atoms with Gasteiger partial charge in [-0.25, -0.2) is 0 Å². The van der Waals surface area contributed by atoms with Gasteiger partial charge in [-0.2, -0.15) is 0 Å². The summed E-state index contributed by atoms with van der Waals surface area (Å²) in [6, 6.07) is 8.18. The van der Waals surface area contributed by atoms with Crippen molar-refractivity contribution in [1.82, 2.24) is 0 Å². The summed E-state index contributed by atoms with van der Waals surface area (Å²) in [6.45, 7) is 4.30. The van der Waals surface area contributed by atoms with Crippen LogP contribution in [0.1, 0.15) is 45.1 Å². The second-order valence-corrected chi connectivity index (χ2v) is 17.8. The second-order valence-electron chi connectivity index (χ2n) is 7.30. The maximum absolute atomic E-state index is 11.3. The predicted octanol–water partition coefficient (Wildman–Crippen LogP) is 7.57. The van der Waals surface area contributed by atoms with Crippen molar-refractivity contribution >= 4 is 64.3 Å². The molecule has 0 N–H and O–H groups in total. The molecule has 0 aromatic heterocycles. The summed E-state index contributed by atoms with van der Waals surface area (Å²) in [4.78, 5) is 15.4. The Bertz CT molecular complexity index is 962. The molecule has 0 saturated heterocycles. The van der Waals surface area contributed by atoms with Gasteiger partial charge in [0.25, 0.3) is 0 Å². The van der Waals surface area contributed by atoms with E-state index in [-0.39, 0.29) is 5.69 Å². The van der Waals surface area contributed by atoms with Gasteiger partial charge >= 0.3 is 196 Å². The molecule has 2 aromatic carbocycles. The molecule has 0 fully saturated rings. The van der Waals surface area contributed by atoms with Crippen LogP contribution in [-0.4, -0.2) is 30.3 Å². The van der Waals surface area contributed by atoms with E-state index in [4.69, 9.17) is 17.7 Å². The molecule has 160 valence electrons. The third-order valence-electron chi connectivity index (χ3n) is 4.94. The minimum absolute atomic E-state index is 0.000574. The van der Waals surface area contributed by atoms with Crippen LogP contribution in [0, 0.1) is 10.1 Å². The summed E-state index contributed by atoms with van der Waals surface area (Å²) >= 11 is 6.14. The van der Waals surface area contributed by atoms with E-state index in [1.807, 2.05) is 0 Å². The van der Waals surface area contributed by atoms with Crippen molar-refractivity contribution in [2.24, 2.45) is 4.99 Å². The number of halogens is 2. The number of rotatable bonds is 7. The van der Waals surface area contributed by atoms with Crippen LogP contribution in [0.15, 0.2) is 39.8 Å². The standard InChI is InChI=1S/C13H8BrClN2O4.2C4H9.Sn/c14-10-4-8(15)5-11(13(10)19)16-6-7-3-9(17(20)21)1-2-12(7)18;2*1-3-4-2;/h1-6,18-19H;2*1,3-4H2,2H3;/q;;;+2/p-2. The molecule has 0 atom stereocenters. The monoisotopic (exact) mass is 602 g/mol. The van der Waals surface area contributed by atoms with Gasteiger partial charge in [-0.05, 0) is 0 Å². The van der Waals surface area contributed by atoms with Gasteiger partial charge < -0.3 is 0 Å². The summed E-state index contributed by atoms with van der Waals surface area (Å²) in [7, 11) is 0. The van der Waals surface area contributed by atoms with E-state index in [2.05, 4.69) is 34.8 Å². The van der Waals surface area contributed by atoms with Crippen molar-refractivity contribution in [3.63, 3.8) is 0 Å². The molecular formula is C21H24BrClN2O4Sn. The van der Waals surface area contributed by atoms with E-state index in [1.165, 1.54) is 12.1 Å². The molecule has 1 aliphatic heterocycles. The molecule has 30 heavy (non-hydrogen) atoms. The zero-order valence-corrected chi connectivity index (χ0v) is 22.2. The Morgan fingerprint density at radius 3 is 2.47 bits per heavy atom. The number of aliphatic imine (C=N–C) groups is 1. The first kappa shape index (κ1) is 23.3. The Morgan fingerprint density at radius 2 is 1.83 bits per heavy atom. The molecule has 9 heteroatoms. The number of nitrogens with zero attached hydrogens (tertiary/aromatic N) is 2. The van der Waals surface area contributed by atoms with Gasteiger partial charge in [-0.15, -0.1) is 0 Å². The summed E-state index contributed by atoms with van der Waals surface area (Å²) in [6.07, 6.45) is 5.67. The number of benzene rings is 2. The first-order valence-corrected chi connectivity index (χ1v) is 17.6. The van der Waals surface area contributed by atoms with Crippen molar-refractivity contribution < 1.29 is 11.1 Å². The number of nitro groups is 1. The van der Waals surface area contributed by atoms with Crippen LogP contribution in [0.4, 0.5) is 11.4 Å². The van der Waals surface area contributed by atoms with Gasteiger partial charge in [0.05, 0.1) is 0 Å².